The van der Waals surface area contributed by atoms with E-state index in [9.17, 15) is 4.79 Å². The van der Waals surface area contributed by atoms with E-state index < -0.39 is 0 Å². The van der Waals surface area contributed by atoms with Crippen LogP contribution < -0.4 is 10.1 Å². The standard InChI is InChI=1S/C27H35N3O3S.ClH/c31-26(28-23-20-14-18-13-19(16-20)17-21(23)15-18)24-25(34-22-7-3-1-4-8-22)27(29-33-24)32-12-11-30-9-5-2-6-10-30;/h1,3-4,7-8,18-21,23H,2,5-6,9-17H2,(H,28,31);1H. The summed E-state index contributed by atoms with van der Waals surface area (Å²) in [6, 6.07) is 10.3. The van der Waals surface area contributed by atoms with E-state index in [1.807, 2.05) is 30.3 Å². The van der Waals surface area contributed by atoms with Gasteiger partial charge in [-0.15, -0.1) is 12.4 Å². The number of carbonyl (C=O) groups is 1. The van der Waals surface area contributed by atoms with Crippen LogP contribution in [0, 0.1) is 23.7 Å². The number of nitrogens with zero attached hydrogens (tertiary/aromatic N) is 2. The maximum absolute atomic E-state index is 13.5. The predicted molar refractivity (Wildman–Crippen MR) is 138 cm³/mol. The molecule has 2 heterocycles. The van der Waals surface area contributed by atoms with E-state index in [2.05, 4.69) is 15.4 Å². The summed E-state index contributed by atoms with van der Waals surface area (Å²) in [6.45, 7) is 3.68. The van der Waals surface area contributed by atoms with Crippen molar-refractivity contribution in [1.29, 1.82) is 0 Å². The molecule has 4 saturated carbocycles. The number of benzene rings is 1. The summed E-state index contributed by atoms with van der Waals surface area (Å²) >= 11 is 1.50. The van der Waals surface area contributed by atoms with Crippen LogP contribution in [-0.4, -0.2) is 48.2 Å². The van der Waals surface area contributed by atoms with Crippen molar-refractivity contribution in [2.75, 3.05) is 26.2 Å². The summed E-state index contributed by atoms with van der Waals surface area (Å²) in [5.41, 5.74) is 0. The lowest BCUT2D eigenvalue weighted by atomic mass is 9.54. The van der Waals surface area contributed by atoms with Gasteiger partial charge in [-0.1, -0.05) is 36.4 Å². The van der Waals surface area contributed by atoms with Crippen LogP contribution in [0.15, 0.2) is 44.6 Å². The zero-order chi connectivity index (χ0) is 22.9. The molecule has 6 nitrogen and oxygen atoms in total. The van der Waals surface area contributed by atoms with E-state index >= 15 is 0 Å². The second kappa shape index (κ2) is 11.1. The third-order valence-corrected chi connectivity index (χ3v) is 9.48. The molecule has 1 aromatic heterocycles. The zero-order valence-electron chi connectivity index (χ0n) is 20.2. The molecule has 1 aliphatic heterocycles. The minimum Gasteiger partial charge on any atom is -0.473 e. The fourth-order valence-corrected chi connectivity index (χ4v) is 7.97. The van der Waals surface area contributed by atoms with E-state index in [0.717, 1.165) is 36.4 Å². The van der Waals surface area contributed by atoms with Gasteiger partial charge in [-0.25, -0.2) is 0 Å². The number of carbonyl (C=O) groups excluding carboxylic acids is 1. The molecule has 1 saturated heterocycles. The Morgan fingerprint density at radius 2 is 1.71 bits per heavy atom. The van der Waals surface area contributed by atoms with Crippen LogP contribution in [0.25, 0.3) is 0 Å². The average molecular weight is 518 g/mol. The molecule has 0 atom stereocenters. The number of halogens is 1. The van der Waals surface area contributed by atoms with E-state index in [1.54, 1.807) is 0 Å². The van der Waals surface area contributed by atoms with Gasteiger partial charge in [0.2, 0.25) is 5.76 Å². The third-order valence-electron chi connectivity index (χ3n) is 8.41. The Kier molecular flexibility index (Phi) is 7.95. The number of amides is 1. The monoisotopic (exact) mass is 517 g/mol. The average Bonchev–Trinajstić information content (AvgIpc) is 3.24. The highest BCUT2D eigenvalue weighted by Gasteiger charge is 2.49. The van der Waals surface area contributed by atoms with Crippen molar-refractivity contribution >= 4 is 30.1 Å². The molecular weight excluding hydrogens is 482 g/mol. The van der Waals surface area contributed by atoms with Crippen LogP contribution in [0.1, 0.15) is 61.9 Å². The van der Waals surface area contributed by atoms with Crippen molar-refractivity contribution < 1.29 is 14.1 Å². The van der Waals surface area contributed by atoms with Gasteiger partial charge < -0.3 is 14.6 Å². The molecule has 1 aromatic carbocycles. The van der Waals surface area contributed by atoms with Crippen LogP contribution >= 0.6 is 24.2 Å². The molecule has 8 heteroatoms. The number of aromatic nitrogens is 1. The van der Waals surface area contributed by atoms with Crippen molar-refractivity contribution in [2.24, 2.45) is 23.7 Å². The van der Waals surface area contributed by atoms with E-state index in [1.165, 1.54) is 63.1 Å². The summed E-state index contributed by atoms with van der Waals surface area (Å²) in [4.78, 5) is 17.6. The maximum Gasteiger partial charge on any atom is 0.291 e. The first-order valence-corrected chi connectivity index (χ1v) is 13.9. The highest BCUT2D eigenvalue weighted by molar-refractivity contribution is 7.99. The highest BCUT2D eigenvalue weighted by Crippen LogP contribution is 2.53. The van der Waals surface area contributed by atoms with Gasteiger partial charge in [0.05, 0.1) is 0 Å². The number of likely N-dealkylation sites (tertiary alicyclic amines) is 1. The van der Waals surface area contributed by atoms with Crippen LogP contribution in [-0.2, 0) is 0 Å². The van der Waals surface area contributed by atoms with Gasteiger partial charge in [-0.3, -0.25) is 9.69 Å². The van der Waals surface area contributed by atoms with Crippen molar-refractivity contribution in [1.82, 2.24) is 15.4 Å². The Balaban J connectivity index is 0.00000253. The Bertz CT molecular complexity index is 967. The molecule has 190 valence electrons. The van der Waals surface area contributed by atoms with E-state index in [0.29, 0.717) is 29.2 Å². The van der Waals surface area contributed by atoms with Crippen molar-refractivity contribution in [2.45, 2.75) is 67.2 Å². The van der Waals surface area contributed by atoms with Gasteiger partial charge in [0.1, 0.15) is 11.5 Å². The van der Waals surface area contributed by atoms with Crippen LogP contribution in [0.4, 0.5) is 0 Å². The maximum atomic E-state index is 13.5. The third kappa shape index (κ3) is 5.52. The van der Waals surface area contributed by atoms with Crippen LogP contribution in [0.5, 0.6) is 5.88 Å². The van der Waals surface area contributed by atoms with Gasteiger partial charge in [0.25, 0.3) is 11.8 Å². The first-order valence-electron chi connectivity index (χ1n) is 13.1. The van der Waals surface area contributed by atoms with Crippen molar-refractivity contribution in [3.63, 3.8) is 0 Å². The molecule has 4 bridgehead atoms. The molecule has 5 aliphatic rings. The summed E-state index contributed by atoms with van der Waals surface area (Å²) in [5, 5.41) is 7.58. The largest absolute Gasteiger partial charge is 0.473 e. The molecule has 0 spiro atoms. The molecule has 2 aromatic rings. The molecular formula is C27H36ClN3O3S. The Morgan fingerprint density at radius 3 is 2.40 bits per heavy atom. The lowest BCUT2D eigenvalue weighted by molar-refractivity contribution is -0.0124. The highest BCUT2D eigenvalue weighted by atomic mass is 35.5. The first kappa shape index (κ1) is 25.0. The number of piperidine rings is 1. The smallest absolute Gasteiger partial charge is 0.291 e. The van der Waals surface area contributed by atoms with Crippen molar-refractivity contribution in [3.8, 4) is 5.88 Å². The fourth-order valence-electron chi connectivity index (χ4n) is 7.03. The minimum absolute atomic E-state index is 0. The summed E-state index contributed by atoms with van der Waals surface area (Å²) in [5.74, 6) is 3.57. The second-order valence-corrected chi connectivity index (χ2v) is 11.8. The number of rotatable bonds is 8. The van der Waals surface area contributed by atoms with Crippen LogP contribution in [0.3, 0.4) is 0 Å². The first-order chi connectivity index (χ1) is 16.7. The van der Waals surface area contributed by atoms with Crippen molar-refractivity contribution in [3.05, 3.63) is 36.1 Å². The number of hydrogen-bond acceptors (Lipinski definition) is 6. The molecule has 1 N–H and O–H groups in total. The molecule has 0 unspecified atom stereocenters. The molecule has 0 radical (unpaired) electrons. The minimum atomic E-state index is -0.144. The summed E-state index contributed by atoms with van der Waals surface area (Å²) < 4.78 is 11.7. The lowest BCUT2D eigenvalue weighted by Gasteiger charge is -2.54. The normalized spacial score (nSPS) is 29.5. The van der Waals surface area contributed by atoms with E-state index in [-0.39, 0.29) is 30.1 Å². The molecule has 35 heavy (non-hydrogen) atoms. The Morgan fingerprint density at radius 1 is 1.03 bits per heavy atom. The quantitative estimate of drug-likeness (QED) is 0.487. The summed E-state index contributed by atoms with van der Waals surface area (Å²) in [6.07, 6.45) is 10.3. The molecule has 1 amide bonds. The Labute approximate surface area is 218 Å². The van der Waals surface area contributed by atoms with Gasteiger partial charge in [-0.05, 0) is 99.0 Å². The predicted octanol–water partition coefficient (Wildman–Crippen LogP) is 5.67. The van der Waals surface area contributed by atoms with Crippen LogP contribution in [0.2, 0.25) is 0 Å². The molecule has 4 aliphatic carbocycles. The molecule has 7 rings (SSSR count). The SMILES string of the molecule is Cl.O=C(NC1C2CC3CC(C2)CC1C3)c1onc(OCCN2CCCCC2)c1Sc1ccccc1. The van der Waals surface area contributed by atoms with E-state index in [4.69, 9.17) is 9.26 Å². The lowest BCUT2D eigenvalue weighted by Crippen LogP contribution is -2.55. The molecule has 5 fully saturated rings. The Hall–Kier alpha value is -1.70. The number of nitrogens with one attached hydrogen (secondary N) is 1. The van der Waals surface area contributed by atoms with Gasteiger partial charge in [-0.2, -0.15) is 0 Å². The summed E-state index contributed by atoms with van der Waals surface area (Å²) in [7, 11) is 0. The second-order valence-electron chi connectivity index (χ2n) is 10.7. The zero-order valence-corrected chi connectivity index (χ0v) is 21.8. The van der Waals surface area contributed by atoms with Gasteiger partial charge in [0.15, 0.2) is 0 Å². The van der Waals surface area contributed by atoms with Gasteiger partial charge in [0, 0.05) is 17.5 Å². The number of ether oxygens (including phenoxy) is 1. The number of hydrogen-bond donors (Lipinski definition) is 1. The van der Waals surface area contributed by atoms with Gasteiger partial charge >= 0.3 is 0 Å². The fraction of sp³-hybridized carbons (Fsp3) is 0.630. The topological polar surface area (TPSA) is 67.6 Å².